The van der Waals surface area contributed by atoms with Gasteiger partial charge >= 0.3 is 10.1 Å². The van der Waals surface area contributed by atoms with Crippen LogP contribution in [0.2, 0.25) is 0 Å². The highest BCUT2D eigenvalue weighted by molar-refractivity contribution is 7.92. The second kappa shape index (κ2) is 4.14. The van der Waals surface area contributed by atoms with Gasteiger partial charge in [-0.1, -0.05) is 24.8 Å². The van der Waals surface area contributed by atoms with Crippen molar-refractivity contribution in [3.05, 3.63) is 41.8 Å². The molecule has 0 saturated heterocycles. The molecule has 0 atom stereocenters. The number of primary amides is 1. The van der Waals surface area contributed by atoms with Gasteiger partial charge in [0.1, 0.15) is 5.75 Å². The van der Waals surface area contributed by atoms with E-state index in [4.69, 9.17) is 5.73 Å². The fourth-order valence-electron chi connectivity index (χ4n) is 0.776. The minimum Gasteiger partial charge on any atom is -0.379 e. The molecule has 0 aliphatic carbocycles. The first-order chi connectivity index (χ1) is 6.93. The van der Waals surface area contributed by atoms with Crippen molar-refractivity contribution in [1.82, 2.24) is 0 Å². The number of rotatable bonds is 4. The standard InChI is InChI=1S/C9H9NO4S/c1-7(9(10)11)15(12,13)14-8-5-3-2-4-6-8/h2-6H,1H2,(H2,10,11). The Morgan fingerprint density at radius 3 is 2.27 bits per heavy atom. The molecule has 1 aromatic rings. The van der Waals surface area contributed by atoms with Crippen LogP contribution in [0.15, 0.2) is 41.8 Å². The topological polar surface area (TPSA) is 86.5 Å². The Kier molecular flexibility index (Phi) is 3.11. The van der Waals surface area contributed by atoms with E-state index >= 15 is 0 Å². The Labute approximate surface area is 87.3 Å². The van der Waals surface area contributed by atoms with Crippen molar-refractivity contribution in [3.63, 3.8) is 0 Å². The number of carbonyl (C=O) groups is 1. The lowest BCUT2D eigenvalue weighted by atomic mass is 10.3. The number of benzene rings is 1. The van der Waals surface area contributed by atoms with E-state index < -0.39 is 20.9 Å². The Morgan fingerprint density at radius 2 is 1.80 bits per heavy atom. The maximum absolute atomic E-state index is 11.3. The van der Waals surface area contributed by atoms with Gasteiger partial charge in [-0.05, 0) is 12.1 Å². The monoisotopic (exact) mass is 227 g/mol. The van der Waals surface area contributed by atoms with E-state index in [1.807, 2.05) is 0 Å². The molecule has 2 N–H and O–H groups in total. The molecule has 0 aliphatic heterocycles. The summed E-state index contributed by atoms with van der Waals surface area (Å²) in [5, 5.41) is 0. The molecule has 1 amide bonds. The normalized spacial score (nSPS) is 10.7. The third kappa shape index (κ3) is 2.81. The van der Waals surface area contributed by atoms with Crippen molar-refractivity contribution in [1.29, 1.82) is 0 Å². The van der Waals surface area contributed by atoms with E-state index in [-0.39, 0.29) is 5.75 Å². The van der Waals surface area contributed by atoms with Gasteiger partial charge in [0.05, 0.1) is 0 Å². The van der Waals surface area contributed by atoms with E-state index in [0.29, 0.717) is 0 Å². The van der Waals surface area contributed by atoms with Gasteiger partial charge in [0.15, 0.2) is 4.91 Å². The second-order valence-corrected chi connectivity index (χ2v) is 4.21. The molecular weight excluding hydrogens is 218 g/mol. The van der Waals surface area contributed by atoms with Gasteiger partial charge in [-0.2, -0.15) is 8.42 Å². The Bertz CT molecular complexity index is 478. The van der Waals surface area contributed by atoms with E-state index in [1.54, 1.807) is 18.2 Å². The van der Waals surface area contributed by atoms with Crippen LogP contribution in [0, 0.1) is 0 Å². The van der Waals surface area contributed by atoms with Crippen molar-refractivity contribution in [2.45, 2.75) is 0 Å². The average Bonchev–Trinajstić information content (AvgIpc) is 2.17. The third-order valence-electron chi connectivity index (χ3n) is 1.53. The number of hydrogen-bond donors (Lipinski definition) is 1. The summed E-state index contributed by atoms with van der Waals surface area (Å²) in [5.74, 6) is -1.04. The van der Waals surface area contributed by atoms with Crippen LogP contribution in [0.3, 0.4) is 0 Å². The summed E-state index contributed by atoms with van der Waals surface area (Å²) in [7, 11) is -4.18. The van der Waals surface area contributed by atoms with Crippen molar-refractivity contribution in [3.8, 4) is 5.75 Å². The summed E-state index contributed by atoms with van der Waals surface area (Å²) in [4.78, 5) is 9.83. The molecular formula is C9H9NO4S. The summed E-state index contributed by atoms with van der Waals surface area (Å²) >= 11 is 0. The lowest BCUT2D eigenvalue weighted by Crippen LogP contribution is -2.23. The molecule has 0 saturated carbocycles. The minimum atomic E-state index is -4.18. The molecule has 5 nitrogen and oxygen atoms in total. The second-order valence-electron chi connectivity index (χ2n) is 2.64. The summed E-state index contributed by atoms with van der Waals surface area (Å²) in [6.07, 6.45) is 0. The fourth-order valence-corrected chi connectivity index (χ4v) is 1.49. The summed E-state index contributed by atoms with van der Waals surface area (Å²) in [6.45, 7) is 3.03. The highest BCUT2D eigenvalue weighted by Crippen LogP contribution is 2.15. The molecule has 0 fully saturated rings. The molecule has 0 heterocycles. The third-order valence-corrected chi connectivity index (χ3v) is 2.74. The average molecular weight is 227 g/mol. The van der Waals surface area contributed by atoms with Crippen LogP contribution in [0.4, 0.5) is 0 Å². The van der Waals surface area contributed by atoms with Crippen LogP contribution >= 0.6 is 0 Å². The van der Waals surface area contributed by atoms with Gasteiger partial charge in [0.25, 0.3) is 5.91 Å². The molecule has 6 heteroatoms. The fraction of sp³-hybridized carbons (Fsp3) is 0. The van der Waals surface area contributed by atoms with Gasteiger partial charge in [0, 0.05) is 0 Å². The van der Waals surface area contributed by atoms with E-state index in [0.717, 1.165) is 0 Å². The van der Waals surface area contributed by atoms with Crippen LogP contribution in [0.25, 0.3) is 0 Å². The zero-order chi connectivity index (χ0) is 11.5. The number of carbonyl (C=O) groups excluding carboxylic acids is 1. The van der Waals surface area contributed by atoms with Crippen LogP contribution in [0.5, 0.6) is 5.75 Å². The molecule has 1 aromatic carbocycles. The van der Waals surface area contributed by atoms with Crippen molar-refractivity contribution >= 4 is 16.0 Å². The van der Waals surface area contributed by atoms with Crippen LogP contribution in [-0.4, -0.2) is 14.3 Å². The zero-order valence-corrected chi connectivity index (χ0v) is 8.53. The molecule has 0 radical (unpaired) electrons. The summed E-state index contributed by atoms with van der Waals surface area (Å²) < 4.78 is 27.2. The van der Waals surface area contributed by atoms with E-state index in [1.165, 1.54) is 12.1 Å². The minimum absolute atomic E-state index is 0.0971. The summed E-state index contributed by atoms with van der Waals surface area (Å²) in [6, 6.07) is 7.76. The van der Waals surface area contributed by atoms with Crippen molar-refractivity contribution < 1.29 is 17.4 Å². The molecule has 0 bridgehead atoms. The molecule has 0 aromatic heterocycles. The predicted molar refractivity (Wildman–Crippen MR) is 54.3 cm³/mol. The highest BCUT2D eigenvalue weighted by atomic mass is 32.2. The largest absolute Gasteiger partial charge is 0.379 e. The van der Waals surface area contributed by atoms with Gasteiger partial charge in [0.2, 0.25) is 0 Å². The molecule has 0 aliphatic rings. The quantitative estimate of drug-likeness (QED) is 0.595. The number of para-hydroxylation sites is 1. The summed E-state index contributed by atoms with van der Waals surface area (Å²) in [5.41, 5.74) is 4.78. The predicted octanol–water partition coefficient (Wildman–Crippen LogP) is 0.394. The Hall–Kier alpha value is -1.82. The van der Waals surface area contributed by atoms with E-state index in [2.05, 4.69) is 10.8 Å². The highest BCUT2D eigenvalue weighted by Gasteiger charge is 2.22. The zero-order valence-electron chi connectivity index (χ0n) is 7.71. The first-order valence-electron chi connectivity index (χ1n) is 3.92. The molecule has 0 unspecified atom stereocenters. The first-order valence-corrected chi connectivity index (χ1v) is 5.32. The smallest absolute Gasteiger partial charge is 0.344 e. The number of hydrogen-bond acceptors (Lipinski definition) is 4. The van der Waals surface area contributed by atoms with E-state index in [9.17, 15) is 13.2 Å². The van der Waals surface area contributed by atoms with Gasteiger partial charge in [-0.25, -0.2) is 0 Å². The first kappa shape index (κ1) is 11.3. The number of nitrogens with two attached hydrogens (primary N) is 1. The SMILES string of the molecule is C=C(C(N)=O)S(=O)(=O)Oc1ccccc1. The maximum atomic E-state index is 11.3. The van der Waals surface area contributed by atoms with Gasteiger partial charge in [-0.15, -0.1) is 0 Å². The van der Waals surface area contributed by atoms with Gasteiger partial charge in [-0.3, -0.25) is 4.79 Å². The van der Waals surface area contributed by atoms with Crippen LogP contribution < -0.4 is 9.92 Å². The molecule has 1 rings (SSSR count). The van der Waals surface area contributed by atoms with Crippen molar-refractivity contribution in [2.24, 2.45) is 5.73 Å². The number of amides is 1. The van der Waals surface area contributed by atoms with Crippen LogP contribution in [-0.2, 0) is 14.9 Å². The Morgan fingerprint density at radius 1 is 1.27 bits per heavy atom. The Balaban J connectivity index is 2.92. The van der Waals surface area contributed by atoms with Gasteiger partial charge < -0.3 is 9.92 Å². The van der Waals surface area contributed by atoms with Crippen LogP contribution in [0.1, 0.15) is 0 Å². The molecule has 15 heavy (non-hydrogen) atoms. The van der Waals surface area contributed by atoms with Crippen molar-refractivity contribution in [2.75, 3.05) is 0 Å². The lowest BCUT2D eigenvalue weighted by Gasteiger charge is -2.05. The lowest BCUT2D eigenvalue weighted by molar-refractivity contribution is -0.113. The molecule has 0 spiro atoms. The maximum Gasteiger partial charge on any atom is 0.344 e. The molecule has 80 valence electrons.